The van der Waals surface area contributed by atoms with E-state index in [9.17, 15) is 13.2 Å². The van der Waals surface area contributed by atoms with Crippen LogP contribution in [0.3, 0.4) is 0 Å². The molecule has 0 spiro atoms. The molecule has 0 radical (unpaired) electrons. The molecule has 0 saturated carbocycles. The van der Waals surface area contributed by atoms with Gasteiger partial charge in [0.2, 0.25) is 5.82 Å². The first-order valence-corrected chi connectivity index (χ1v) is 3.57. The number of rotatable bonds is 2. The third-order valence-electron chi connectivity index (χ3n) is 1.47. The van der Waals surface area contributed by atoms with Crippen molar-refractivity contribution < 1.29 is 17.9 Å². The fourth-order valence-electron chi connectivity index (χ4n) is 0.736. The summed E-state index contributed by atoms with van der Waals surface area (Å²) in [5, 5.41) is 0. The molecule has 14 heavy (non-hydrogen) atoms. The second-order valence-corrected chi connectivity index (χ2v) is 2.42. The van der Waals surface area contributed by atoms with Crippen LogP contribution in [0, 0.1) is 0 Å². The van der Waals surface area contributed by atoms with E-state index in [1.165, 1.54) is 7.11 Å². The van der Waals surface area contributed by atoms with Crippen molar-refractivity contribution in [3.8, 4) is 0 Å². The van der Waals surface area contributed by atoms with Crippen LogP contribution in [0.1, 0.15) is 11.4 Å². The van der Waals surface area contributed by atoms with Crippen molar-refractivity contribution in [2.45, 2.75) is 6.18 Å². The third kappa shape index (κ3) is 2.21. The van der Waals surface area contributed by atoms with Gasteiger partial charge in [-0.25, -0.2) is 9.97 Å². The Kier molecular flexibility index (Phi) is 2.73. The van der Waals surface area contributed by atoms with E-state index in [0.717, 1.165) is 12.4 Å². The summed E-state index contributed by atoms with van der Waals surface area (Å²) in [6.07, 6.45) is -2.49. The van der Waals surface area contributed by atoms with Crippen molar-refractivity contribution in [2.75, 3.05) is 7.11 Å². The third-order valence-corrected chi connectivity index (χ3v) is 1.47. The van der Waals surface area contributed by atoms with Crippen molar-refractivity contribution in [1.82, 2.24) is 9.97 Å². The van der Waals surface area contributed by atoms with Crippen LogP contribution in [0.5, 0.6) is 0 Å². The number of hydrogen-bond donors (Lipinski definition) is 0. The molecule has 1 aromatic rings. The molecule has 0 amide bonds. The number of ether oxygens (including phenoxy) is 1. The van der Waals surface area contributed by atoms with Gasteiger partial charge in [0, 0.05) is 12.4 Å². The minimum Gasteiger partial charge on any atom is -0.497 e. The summed E-state index contributed by atoms with van der Waals surface area (Å²) in [5.41, 5.74) is 0.320. The van der Waals surface area contributed by atoms with E-state index in [0.29, 0.717) is 5.56 Å². The van der Waals surface area contributed by atoms with Crippen LogP contribution in [-0.4, -0.2) is 17.1 Å². The van der Waals surface area contributed by atoms with Gasteiger partial charge in [-0.2, -0.15) is 13.2 Å². The van der Waals surface area contributed by atoms with Gasteiger partial charge < -0.3 is 4.74 Å². The molecule has 0 unspecified atom stereocenters. The van der Waals surface area contributed by atoms with E-state index in [1.54, 1.807) is 0 Å². The second kappa shape index (κ2) is 3.65. The maximum Gasteiger partial charge on any atom is 0.451 e. The molecule has 0 atom stereocenters. The van der Waals surface area contributed by atoms with Gasteiger partial charge in [0.1, 0.15) is 5.76 Å². The molecule has 1 aromatic heterocycles. The van der Waals surface area contributed by atoms with Crippen LogP contribution in [0.25, 0.3) is 5.76 Å². The molecule has 0 saturated heterocycles. The van der Waals surface area contributed by atoms with Gasteiger partial charge in [-0.15, -0.1) is 0 Å². The second-order valence-electron chi connectivity index (χ2n) is 2.42. The summed E-state index contributed by atoms with van der Waals surface area (Å²) in [7, 11) is 1.36. The maximum absolute atomic E-state index is 12.0. The van der Waals surface area contributed by atoms with Crippen molar-refractivity contribution in [1.29, 1.82) is 0 Å². The molecule has 1 heterocycles. The van der Waals surface area contributed by atoms with Crippen LogP contribution in [0.4, 0.5) is 13.2 Å². The lowest BCUT2D eigenvalue weighted by Crippen LogP contribution is -2.10. The molecule has 0 aliphatic carbocycles. The van der Waals surface area contributed by atoms with E-state index >= 15 is 0 Å². The topological polar surface area (TPSA) is 35.0 Å². The monoisotopic (exact) mass is 204 g/mol. The van der Waals surface area contributed by atoms with E-state index in [-0.39, 0.29) is 5.76 Å². The molecule has 0 N–H and O–H groups in total. The predicted molar refractivity (Wildman–Crippen MR) is 43.1 cm³/mol. The molecule has 3 nitrogen and oxygen atoms in total. The first-order chi connectivity index (χ1) is 6.45. The minimum atomic E-state index is -4.52. The first kappa shape index (κ1) is 10.5. The number of methoxy groups -OCH3 is 1. The largest absolute Gasteiger partial charge is 0.497 e. The van der Waals surface area contributed by atoms with Crippen LogP contribution < -0.4 is 0 Å². The number of halogens is 3. The first-order valence-electron chi connectivity index (χ1n) is 3.57. The minimum absolute atomic E-state index is 0.221. The highest BCUT2D eigenvalue weighted by Gasteiger charge is 2.34. The van der Waals surface area contributed by atoms with Crippen molar-refractivity contribution in [2.24, 2.45) is 0 Å². The Morgan fingerprint density at radius 1 is 1.36 bits per heavy atom. The highest BCUT2D eigenvalue weighted by molar-refractivity contribution is 5.54. The molecule has 76 valence electrons. The van der Waals surface area contributed by atoms with E-state index in [4.69, 9.17) is 4.74 Å². The Labute approximate surface area is 78.3 Å². The molecule has 0 aliphatic rings. The summed E-state index contributed by atoms with van der Waals surface area (Å²) >= 11 is 0. The molecule has 0 bridgehead atoms. The summed E-state index contributed by atoms with van der Waals surface area (Å²) in [6.45, 7) is 3.45. The highest BCUT2D eigenvalue weighted by atomic mass is 19.4. The molecule has 0 aliphatic heterocycles. The SMILES string of the molecule is C=C(OC)c1cnc(C(F)(F)F)nc1. The lowest BCUT2D eigenvalue weighted by atomic mass is 10.3. The summed E-state index contributed by atoms with van der Waals surface area (Å²) < 4.78 is 40.8. The zero-order valence-corrected chi connectivity index (χ0v) is 7.30. The number of aromatic nitrogens is 2. The fraction of sp³-hybridized carbons (Fsp3) is 0.250. The molecule has 0 fully saturated rings. The number of hydrogen-bond acceptors (Lipinski definition) is 3. The van der Waals surface area contributed by atoms with Crippen LogP contribution in [0.2, 0.25) is 0 Å². The quantitative estimate of drug-likeness (QED) is 0.692. The van der Waals surface area contributed by atoms with E-state index < -0.39 is 12.0 Å². The number of alkyl halides is 3. The lowest BCUT2D eigenvalue weighted by Gasteiger charge is -2.06. The van der Waals surface area contributed by atoms with Crippen molar-refractivity contribution >= 4 is 5.76 Å². The molecular formula is C8H7F3N2O. The van der Waals surface area contributed by atoms with Crippen LogP contribution in [-0.2, 0) is 10.9 Å². The van der Waals surface area contributed by atoms with E-state index in [1.807, 2.05) is 0 Å². The van der Waals surface area contributed by atoms with Crippen molar-refractivity contribution in [3.05, 3.63) is 30.4 Å². The van der Waals surface area contributed by atoms with Gasteiger partial charge >= 0.3 is 6.18 Å². The lowest BCUT2D eigenvalue weighted by molar-refractivity contribution is -0.145. The van der Waals surface area contributed by atoms with Crippen LogP contribution >= 0.6 is 0 Å². The normalized spacial score (nSPS) is 11.1. The Bertz CT molecular complexity index is 331. The highest BCUT2D eigenvalue weighted by Crippen LogP contribution is 2.25. The zero-order chi connectivity index (χ0) is 10.8. The Morgan fingerprint density at radius 2 is 1.86 bits per heavy atom. The predicted octanol–water partition coefficient (Wildman–Crippen LogP) is 2.11. The molecule has 1 rings (SSSR count). The summed E-state index contributed by atoms with van der Waals surface area (Å²) in [6, 6.07) is 0. The fourth-order valence-corrected chi connectivity index (χ4v) is 0.736. The van der Waals surface area contributed by atoms with E-state index in [2.05, 4.69) is 16.5 Å². The number of nitrogens with zero attached hydrogens (tertiary/aromatic N) is 2. The van der Waals surface area contributed by atoms with Gasteiger partial charge in [0.15, 0.2) is 0 Å². The van der Waals surface area contributed by atoms with Gasteiger partial charge in [0.25, 0.3) is 0 Å². The van der Waals surface area contributed by atoms with Gasteiger partial charge in [-0.1, -0.05) is 6.58 Å². The maximum atomic E-state index is 12.0. The summed E-state index contributed by atoms with van der Waals surface area (Å²) in [4.78, 5) is 6.28. The standard InChI is InChI=1S/C8H7F3N2O/c1-5(14-2)6-3-12-7(13-4-6)8(9,10)11/h3-4H,1H2,2H3. The molecule has 0 aromatic carbocycles. The van der Waals surface area contributed by atoms with Gasteiger partial charge in [-0.3, -0.25) is 0 Å². The average Bonchev–Trinajstić information content (AvgIpc) is 2.15. The van der Waals surface area contributed by atoms with Crippen molar-refractivity contribution in [3.63, 3.8) is 0 Å². The van der Waals surface area contributed by atoms with Crippen LogP contribution in [0.15, 0.2) is 19.0 Å². The molecule has 6 heteroatoms. The Morgan fingerprint density at radius 3 is 2.21 bits per heavy atom. The smallest absolute Gasteiger partial charge is 0.451 e. The molecular weight excluding hydrogens is 197 g/mol. The summed E-state index contributed by atoms with van der Waals surface area (Å²) in [5.74, 6) is -0.955. The average molecular weight is 204 g/mol. The zero-order valence-electron chi connectivity index (χ0n) is 7.30. The van der Waals surface area contributed by atoms with Gasteiger partial charge in [-0.05, 0) is 0 Å². The Hall–Kier alpha value is -1.59. The van der Waals surface area contributed by atoms with Gasteiger partial charge in [0.05, 0.1) is 12.7 Å². The Balaban J connectivity index is 2.95.